The standard InChI is InChI=1S/C35H40F3N5O6/c36-35(37,38)28-24(29(44)41-34(30(45)46)22-14-20-13-21-15-27(34)33(20,21)17-22)18-39-31(40-28)43-19-32(3-8-47-9-4-32)25-16-23(1-2-26(25)43)49-12-7-42-5-10-48-11-6-42/h1-2,16,18,20-22,27H,3-15,17,19H2,(H,41,44)(H,45,46). The van der Waals surface area contributed by atoms with Crippen molar-refractivity contribution in [3.05, 3.63) is 41.2 Å². The molecule has 1 aromatic heterocycles. The summed E-state index contributed by atoms with van der Waals surface area (Å²) < 4.78 is 61.3. The second kappa shape index (κ2) is 11.0. The number of amides is 1. The molecule has 6 fully saturated rings. The highest BCUT2D eigenvalue weighted by molar-refractivity contribution is 5.99. The Kier molecular flexibility index (Phi) is 7.07. The van der Waals surface area contributed by atoms with Gasteiger partial charge in [-0.05, 0) is 91.4 Å². The van der Waals surface area contributed by atoms with Crippen molar-refractivity contribution in [2.75, 3.05) is 64.1 Å². The SMILES string of the molecule is O=C(NC1(C(=O)O)C2CC3CC4CC1C34C2)c1cnc(N2CC3(CCOCC3)c3cc(OCCN4CCOCC4)ccc32)nc1C(F)(F)F. The molecule has 2 spiro atoms. The molecule has 11 nitrogen and oxygen atoms in total. The van der Waals surface area contributed by atoms with Crippen LogP contribution in [0.4, 0.5) is 24.8 Å². The summed E-state index contributed by atoms with van der Waals surface area (Å²) in [6, 6.07) is 5.63. The molecule has 3 aliphatic heterocycles. The van der Waals surface area contributed by atoms with E-state index in [1.165, 1.54) is 0 Å². The summed E-state index contributed by atoms with van der Waals surface area (Å²) in [5, 5.41) is 13.1. The molecular weight excluding hydrogens is 643 g/mol. The third kappa shape index (κ3) is 4.51. The van der Waals surface area contributed by atoms with Crippen molar-refractivity contribution >= 4 is 23.5 Å². The molecule has 14 heteroatoms. The second-order valence-electron chi connectivity index (χ2n) is 15.2. The second-order valence-corrected chi connectivity index (χ2v) is 15.2. The highest BCUT2D eigenvalue weighted by atomic mass is 19.4. The van der Waals surface area contributed by atoms with E-state index in [0.717, 1.165) is 37.8 Å². The lowest BCUT2D eigenvalue weighted by molar-refractivity contribution is -0.209. The van der Waals surface area contributed by atoms with Crippen LogP contribution in [0, 0.1) is 29.1 Å². The number of carboxylic acid groups (broad SMARTS) is 1. The monoisotopic (exact) mass is 683 g/mol. The lowest BCUT2D eigenvalue weighted by atomic mass is 9.36. The van der Waals surface area contributed by atoms with Gasteiger partial charge in [-0.25, -0.2) is 14.8 Å². The summed E-state index contributed by atoms with van der Waals surface area (Å²) in [5.41, 5.74) is -2.55. The van der Waals surface area contributed by atoms with Gasteiger partial charge in [-0.15, -0.1) is 0 Å². The minimum atomic E-state index is -4.98. The number of alkyl halides is 3. The first kappa shape index (κ1) is 31.5. The van der Waals surface area contributed by atoms with Crippen molar-refractivity contribution in [3.8, 4) is 5.75 Å². The number of hydrogen-bond donors (Lipinski definition) is 2. The Bertz CT molecular complexity index is 1700. The van der Waals surface area contributed by atoms with E-state index in [1.807, 2.05) is 18.2 Å². The molecule has 2 aromatic rings. The number of nitrogens with one attached hydrogen (secondary N) is 1. The highest BCUT2D eigenvalue weighted by Gasteiger charge is 2.83. The number of ether oxygens (including phenoxy) is 3. The van der Waals surface area contributed by atoms with Crippen LogP contribution in [0.25, 0.3) is 0 Å². The Hall–Kier alpha value is -3.49. The average Bonchev–Trinajstić information content (AvgIpc) is 3.69. The summed E-state index contributed by atoms with van der Waals surface area (Å²) in [4.78, 5) is 38.8. The van der Waals surface area contributed by atoms with Gasteiger partial charge in [0.1, 0.15) is 17.9 Å². The number of aromatic nitrogens is 2. The zero-order valence-corrected chi connectivity index (χ0v) is 27.1. The molecular formula is C35H40F3N5O6. The molecule has 6 atom stereocenters. The van der Waals surface area contributed by atoms with E-state index in [1.54, 1.807) is 4.90 Å². The normalized spacial score (nSPS) is 33.8. The summed E-state index contributed by atoms with van der Waals surface area (Å²) in [6.45, 7) is 5.75. The van der Waals surface area contributed by atoms with Crippen LogP contribution in [0.5, 0.6) is 5.75 Å². The van der Waals surface area contributed by atoms with E-state index in [4.69, 9.17) is 14.2 Å². The molecule has 4 saturated carbocycles. The van der Waals surface area contributed by atoms with Crippen molar-refractivity contribution in [2.45, 2.75) is 55.7 Å². The number of carboxylic acids is 1. The smallest absolute Gasteiger partial charge is 0.434 e. The third-order valence-corrected chi connectivity index (χ3v) is 13.3. The van der Waals surface area contributed by atoms with Crippen LogP contribution in [0.1, 0.15) is 60.1 Å². The van der Waals surface area contributed by atoms with Crippen LogP contribution in [-0.4, -0.2) is 96.6 Å². The Morgan fingerprint density at radius 2 is 1.78 bits per heavy atom. The number of nitrogens with zero attached hydrogens (tertiary/aromatic N) is 4. The lowest BCUT2D eigenvalue weighted by Crippen LogP contribution is -2.73. The number of morpholine rings is 1. The van der Waals surface area contributed by atoms with Crippen molar-refractivity contribution in [3.63, 3.8) is 0 Å². The number of hydrogen-bond acceptors (Lipinski definition) is 9. The van der Waals surface area contributed by atoms with Gasteiger partial charge in [-0.3, -0.25) is 9.69 Å². The fourth-order valence-electron chi connectivity index (χ4n) is 11.0. The van der Waals surface area contributed by atoms with Crippen LogP contribution >= 0.6 is 0 Å². The third-order valence-electron chi connectivity index (χ3n) is 13.3. The van der Waals surface area contributed by atoms with Crippen LogP contribution in [-0.2, 0) is 25.9 Å². The Balaban J connectivity index is 1.00. The minimum Gasteiger partial charge on any atom is -0.492 e. The Labute approximate surface area is 281 Å². The number of benzene rings is 1. The van der Waals surface area contributed by atoms with Crippen molar-refractivity contribution < 1.29 is 42.1 Å². The number of rotatable bonds is 8. The van der Waals surface area contributed by atoms with Crippen LogP contribution in [0.2, 0.25) is 0 Å². The van der Waals surface area contributed by atoms with Gasteiger partial charge in [0, 0.05) is 56.7 Å². The first-order chi connectivity index (χ1) is 23.5. The molecule has 1 amide bonds. The van der Waals surface area contributed by atoms with Crippen molar-refractivity contribution in [1.82, 2.24) is 20.2 Å². The molecule has 4 aliphatic carbocycles. The minimum absolute atomic E-state index is 0.0829. The maximum atomic E-state index is 14.7. The quantitative estimate of drug-likeness (QED) is 0.422. The molecule has 2 saturated heterocycles. The first-order valence-corrected chi connectivity index (χ1v) is 17.5. The van der Waals surface area contributed by atoms with Gasteiger partial charge >= 0.3 is 12.1 Å². The summed E-state index contributed by atoms with van der Waals surface area (Å²) in [5.74, 6) is -1.38. The number of fused-ring (bicyclic) bond motifs is 3. The van der Waals surface area contributed by atoms with E-state index in [0.29, 0.717) is 95.0 Å². The van der Waals surface area contributed by atoms with E-state index in [-0.39, 0.29) is 23.2 Å². The fourth-order valence-corrected chi connectivity index (χ4v) is 11.0. The van der Waals surface area contributed by atoms with Gasteiger partial charge in [0.15, 0.2) is 5.69 Å². The van der Waals surface area contributed by atoms with Crippen LogP contribution in [0.3, 0.4) is 0 Å². The molecule has 1 aromatic carbocycles. The van der Waals surface area contributed by atoms with E-state index in [9.17, 15) is 27.9 Å². The number of halogens is 3. The molecule has 9 rings (SSSR count). The highest BCUT2D eigenvalue weighted by Crippen LogP contribution is 2.83. The van der Waals surface area contributed by atoms with Crippen molar-refractivity contribution in [2.24, 2.45) is 29.1 Å². The van der Waals surface area contributed by atoms with Gasteiger partial charge in [-0.2, -0.15) is 13.2 Å². The zero-order valence-electron chi connectivity index (χ0n) is 27.1. The largest absolute Gasteiger partial charge is 0.492 e. The van der Waals surface area contributed by atoms with Crippen LogP contribution < -0.4 is 15.0 Å². The molecule has 4 heterocycles. The molecule has 7 aliphatic rings. The number of carbonyl (C=O) groups is 2. The van der Waals surface area contributed by atoms with Crippen LogP contribution in [0.15, 0.2) is 24.4 Å². The zero-order chi connectivity index (χ0) is 33.8. The van der Waals surface area contributed by atoms with E-state index < -0.39 is 40.3 Å². The average molecular weight is 684 g/mol. The molecule has 0 radical (unpaired) electrons. The summed E-state index contributed by atoms with van der Waals surface area (Å²) in [6.07, 6.45) is 0.434. The van der Waals surface area contributed by atoms with E-state index >= 15 is 0 Å². The maximum absolute atomic E-state index is 14.7. The molecule has 2 N–H and O–H groups in total. The first-order valence-electron chi connectivity index (χ1n) is 17.5. The molecule has 2 bridgehead atoms. The Morgan fingerprint density at radius 3 is 2.49 bits per heavy atom. The summed E-state index contributed by atoms with van der Waals surface area (Å²) >= 11 is 0. The topological polar surface area (TPSA) is 126 Å². The van der Waals surface area contributed by atoms with Crippen molar-refractivity contribution in [1.29, 1.82) is 0 Å². The van der Waals surface area contributed by atoms with E-state index in [2.05, 4.69) is 20.2 Å². The van der Waals surface area contributed by atoms with Gasteiger partial charge in [0.05, 0.1) is 18.8 Å². The molecule has 49 heavy (non-hydrogen) atoms. The van der Waals surface area contributed by atoms with Gasteiger partial charge < -0.3 is 29.5 Å². The lowest BCUT2D eigenvalue weighted by Gasteiger charge is -2.69. The summed E-state index contributed by atoms with van der Waals surface area (Å²) in [7, 11) is 0. The maximum Gasteiger partial charge on any atom is 0.434 e. The fraction of sp³-hybridized carbons (Fsp3) is 0.657. The predicted octanol–water partition coefficient (Wildman–Crippen LogP) is 4.03. The Morgan fingerprint density at radius 1 is 1.04 bits per heavy atom. The molecule has 262 valence electrons. The van der Waals surface area contributed by atoms with Gasteiger partial charge in [0.2, 0.25) is 5.95 Å². The molecule has 6 unspecified atom stereocenters. The number of carbonyl (C=O) groups excluding carboxylic acids is 1. The predicted molar refractivity (Wildman–Crippen MR) is 168 cm³/mol. The number of anilines is 2. The van der Waals surface area contributed by atoms with Gasteiger partial charge in [-0.1, -0.05) is 0 Å². The van der Waals surface area contributed by atoms with Gasteiger partial charge in [0.25, 0.3) is 5.91 Å². The number of aliphatic carboxylic acids is 1.